The number of aromatic hydroxyl groups is 6. The van der Waals surface area contributed by atoms with Crippen LogP contribution in [-0.2, 0) is 14.2 Å². The van der Waals surface area contributed by atoms with E-state index in [1.807, 2.05) is 0 Å². The Balaban J connectivity index is 1.70. The second-order valence-electron chi connectivity index (χ2n) is 7.24. The molecular formula is C20H20O14. The SMILES string of the molecule is O=C(OC[C@H]1OC(OC(=O)c2cc(O)c(O)c(O)c2)[C@H](O)[C@@H](O)[C@@H]1O)c1cc(O)c(O)c(O)c1. The van der Waals surface area contributed by atoms with Crippen LogP contribution in [0.3, 0.4) is 0 Å². The van der Waals surface area contributed by atoms with Gasteiger partial charge in [-0.2, -0.15) is 0 Å². The summed E-state index contributed by atoms with van der Waals surface area (Å²) in [6, 6.07) is 3.08. The maximum absolute atomic E-state index is 12.3. The van der Waals surface area contributed by atoms with Gasteiger partial charge in [0.2, 0.25) is 6.29 Å². The largest absolute Gasteiger partial charge is 0.504 e. The summed E-state index contributed by atoms with van der Waals surface area (Å²) in [5, 5.41) is 86.9. The standard InChI is InChI=1S/C20H20O14/c21-8-1-6(2-9(22)13(8)25)18(30)32-5-12-15(27)16(28)17(29)20(33-12)34-19(31)7-3-10(23)14(26)11(24)4-7/h1-4,12,15-17,20-29H,5H2/t12-,15-,16+,17-,20?/m1/s1. The molecule has 14 nitrogen and oxygen atoms in total. The van der Waals surface area contributed by atoms with Gasteiger partial charge in [0, 0.05) is 0 Å². The monoisotopic (exact) mass is 484 g/mol. The molecule has 1 unspecified atom stereocenters. The first-order chi connectivity index (χ1) is 15.9. The third-order valence-corrected chi connectivity index (χ3v) is 4.88. The van der Waals surface area contributed by atoms with Crippen LogP contribution in [0.4, 0.5) is 0 Å². The van der Waals surface area contributed by atoms with Gasteiger partial charge in [0.1, 0.15) is 31.0 Å². The Labute approximate surface area is 189 Å². The summed E-state index contributed by atoms with van der Waals surface area (Å²) in [7, 11) is 0. The summed E-state index contributed by atoms with van der Waals surface area (Å²) in [6.07, 6.45) is -9.09. The van der Waals surface area contributed by atoms with Crippen LogP contribution in [0.25, 0.3) is 0 Å². The van der Waals surface area contributed by atoms with Crippen LogP contribution in [0.15, 0.2) is 24.3 Å². The molecule has 1 saturated heterocycles. The topological polar surface area (TPSA) is 244 Å². The predicted octanol–water partition coefficient (Wildman–Crippen LogP) is -1.26. The number of rotatable bonds is 5. The molecule has 14 heteroatoms. The van der Waals surface area contributed by atoms with Crippen molar-refractivity contribution < 1.29 is 69.8 Å². The summed E-state index contributed by atoms with van der Waals surface area (Å²) in [4.78, 5) is 24.5. The van der Waals surface area contributed by atoms with Crippen molar-refractivity contribution in [2.75, 3.05) is 6.61 Å². The number of aliphatic hydroxyl groups excluding tert-OH is 3. The first-order valence-electron chi connectivity index (χ1n) is 9.48. The van der Waals surface area contributed by atoms with E-state index < -0.39 is 89.3 Å². The molecule has 0 radical (unpaired) electrons. The van der Waals surface area contributed by atoms with Crippen LogP contribution < -0.4 is 0 Å². The number of ether oxygens (including phenoxy) is 3. The van der Waals surface area contributed by atoms with Gasteiger partial charge in [-0.25, -0.2) is 9.59 Å². The summed E-state index contributed by atoms with van der Waals surface area (Å²) in [6.45, 7) is -0.749. The van der Waals surface area contributed by atoms with E-state index in [1.54, 1.807) is 0 Å². The van der Waals surface area contributed by atoms with Crippen LogP contribution in [0.1, 0.15) is 20.7 Å². The average Bonchev–Trinajstić information content (AvgIpc) is 2.79. The molecule has 1 aliphatic rings. The van der Waals surface area contributed by atoms with Crippen molar-refractivity contribution in [1.29, 1.82) is 0 Å². The van der Waals surface area contributed by atoms with Crippen LogP contribution in [-0.4, -0.2) is 95.2 Å². The first kappa shape index (κ1) is 24.7. The fraction of sp³-hybridized carbons (Fsp3) is 0.300. The maximum atomic E-state index is 12.3. The lowest BCUT2D eigenvalue weighted by Crippen LogP contribution is -2.59. The molecule has 1 fully saturated rings. The van der Waals surface area contributed by atoms with Crippen molar-refractivity contribution in [3.8, 4) is 34.5 Å². The van der Waals surface area contributed by atoms with Gasteiger partial charge in [-0.05, 0) is 24.3 Å². The van der Waals surface area contributed by atoms with Gasteiger partial charge in [-0.15, -0.1) is 0 Å². The van der Waals surface area contributed by atoms with Crippen LogP contribution in [0.5, 0.6) is 34.5 Å². The number of carbonyl (C=O) groups is 2. The Kier molecular flexibility index (Phi) is 6.88. The molecule has 1 aliphatic heterocycles. The van der Waals surface area contributed by atoms with E-state index >= 15 is 0 Å². The van der Waals surface area contributed by atoms with E-state index in [-0.39, 0.29) is 5.56 Å². The van der Waals surface area contributed by atoms with E-state index in [4.69, 9.17) is 14.2 Å². The Morgan fingerprint density at radius 1 is 0.706 bits per heavy atom. The molecule has 9 N–H and O–H groups in total. The zero-order valence-corrected chi connectivity index (χ0v) is 17.0. The Morgan fingerprint density at radius 2 is 1.15 bits per heavy atom. The van der Waals surface area contributed by atoms with Crippen LogP contribution >= 0.6 is 0 Å². The minimum absolute atomic E-state index is 0.381. The molecule has 0 saturated carbocycles. The quantitative estimate of drug-likeness (QED) is 0.178. The highest BCUT2D eigenvalue weighted by Crippen LogP contribution is 2.37. The summed E-state index contributed by atoms with van der Waals surface area (Å²) in [5.74, 6) is -7.45. The highest BCUT2D eigenvalue weighted by Gasteiger charge is 2.46. The predicted molar refractivity (Wildman–Crippen MR) is 105 cm³/mol. The number of benzene rings is 2. The second-order valence-corrected chi connectivity index (χ2v) is 7.24. The lowest BCUT2D eigenvalue weighted by atomic mass is 9.99. The van der Waals surface area contributed by atoms with Gasteiger partial charge in [-0.3, -0.25) is 0 Å². The van der Waals surface area contributed by atoms with Crippen LogP contribution in [0.2, 0.25) is 0 Å². The normalized spacial score (nSPS) is 24.4. The fourth-order valence-electron chi connectivity index (χ4n) is 3.01. The molecule has 0 amide bonds. The van der Waals surface area contributed by atoms with Crippen molar-refractivity contribution in [2.24, 2.45) is 0 Å². The molecule has 2 aromatic rings. The van der Waals surface area contributed by atoms with Crippen molar-refractivity contribution in [2.45, 2.75) is 30.7 Å². The Bertz CT molecular complexity index is 1050. The van der Waals surface area contributed by atoms with Crippen molar-refractivity contribution >= 4 is 11.9 Å². The minimum atomic E-state index is -1.95. The molecule has 0 aromatic heterocycles. The molecule has 0 aliphatic carbocycles. The zero-order valence-electron chi connectivity index (χ0n) is 17.0. The molecule has 5 atom stereocenters. The van der Waals surface area contributed by atoms with E-state index in [1.165, 1.54) is 0 Å². The maximum Gasteiger partial charge on any atom is 0.340 e. The number of carbonyl (C=O) groups excluding carboxylic acids is 2. The van der Waals surface area contributed by atoms with Gasteiger partial charge >= 0.3 is 11.9 Å². The second kappa shape index (κ2) is 9.48. The van der Waals surface area contributed by atoms with E-state index in [9.17, 15) is 55.5 Å². The van der Waals surface area contributed by atoms with E-state index in [0.29, 0.717) is 0 Å². The molecule has 0 bridgehead atoms. The van der Waals surface area contributed by atoms with Crippen molar-refractivity contribution in [3.63, 3.8) is 0 Å². The number of hydrogen-bond acceptors (Lipinski definition) is 14. The van der Waals surface area contributed by atoms with Gasteiger partial charge < -0.3 is 60.2 Å². The first-order valence-corrected chi connectivity index (χ1v) is 9.48. The summed E-state index contributed by atoms with van der Waals surface area (Å²) < 4.78 is 15.0. The lowest BCUT2D eigenvalue weighted by molar-refractivity contribution is -0.285. The molecule has 0 spiro atoms. The van der Waals surface area contributed by atoms with E-state index in [2.05, 4.69) is 0 Å². The number of phenolic OH excluding ortho intramolecular Hbond substituents is 6. The highest BCUT2D eigenvalue weighted by atomic mass is 16.7. The fourth-order valence-corrected chi connectivity index (χ4v) is 3.01. The van der Waals surface area contributed by atoms with Crippen LogP contribution in [0, 0.1) is 0 Å². The number of hydrogen-bond donors (Lipinski definition) is 9. The molecule has 34 heavy (non-hydrogen) atoms. The van der Waals surface area contributed by atoms with Crippen molar-refractivity contribution in [1.82, 2.24) is 0 Å². The average molecular weight is 484 g/mol. The number of aliphatic hydroxyl groups is 3. The minimum Gasteiger partial charge on any atom is -0.504 e. The molecule has 3 rings (SSSR count). The van der Waals surface area contributed by atoms with Gasteiger partial charge in [-0.1, -0.05) is 0 Å². The van der Waals surface area contributed by atoms with Crippen molar-refractivity contribution in [3.05, 3.63) is 35.4 Å². The van der Waals surface area contributed by atoms with E-state index in [0.717, 1.165) is 24.3 Å². The Hall–Kier alpha value is -3.98. The zero-order chi connectivity index (χ0) is 25.3. The number of esters is 2. The summed E-state index contributed by atoms with van der Waals surface area (Å²) >= 11 is 0. The third kappa shape index (κ3) is 4.84. The summed E-state index contributed by atoms with van der Waals surface area (Å²) in [5.41, 5.74) is -0.840. The lowest BCUT2D eigenvalue weighted by Gasteiger charge is -2.39. The molecule has 2 aromatic carbocycles. The molecular weight excluding hydrogens is 464 g/mol. The number of phenols is 6. The Morgan fingerprint density at radius 3 is 1.62 bits per heavy atom. The molecule has 1 heterocycles. The third-order valence-electron chi connectivity index (χ3n) is 4.88. The van der Waals surface area contributed by atoms with Gasteiger partial charge in [0.25, 0.3) is 0 Å². The van der Waals surface area contributed by atoms with Gasteiger partial charge in [0.05, 0.1) is 11.1 Å². The molecule has 184 valence electrons. The van der Waals surface area contributed by atoms with Gasteiger partial charge in [0.15, 0.2) is 34.5 Å². The highest BCUT2D eigenvalue weighted by molar-refractivity contribution is 5.91. The smallest absolute Gasteiger partial charge is 0.340 e.